The number of hydrogen-bond acceptors (Lipinski definition) is 7. The molecule has 2 N–H and O–H groups in total. The topological polar surface area (TPSA) is 130 Å². The number of nitro groups is 1. The zero-order chi connectivity index (χ0) is 22.0. The third kappa shape index (κ3) is 4.38. The number of H-pyrrole nitrogens is 2. The van der Waals surface area contributed by atoms with Gasteiger partial charge in [-0.2, -0.15) is 5.10 Å². The Morgan fingerprint density at radius 3 is 2.48 bits per heavy atom. The molecule has 0 aliphatic carbocycles. The summed E-state index contributed by atoms with van der Waals surface area (Å²) in [6.07, 6.45) is 1.68. The summed E-state index contributed by atoms with van der Waals surface area (Å²) in [5, 5.41) is 27.2. The number of Topliss-reactive ketones (excluding diaryl/α,β-unsaturated/α-hetero) is 1. The van der Waals surface area contributed by atoms with Gasteiger partial charge in [-0.05, 0) is 42.7 Å². The molecule has 2 aromatic carbocycles. The Kier molecular flexibility index (Phi) is 5.63. The number of thioether (sulfide) groups is 1. The van der Waals surface area contributed by atoms with Gasteiger partial charge in [0.2, 0.25) is 0 Å². The van der Waals surface area contributed by atoms with Crippen molar-refractivity contribution in [3.8, 4) is 33.8 Å². The highest BCUT2D eigenvalue weighted by Gasteiger charge is 2.20. The van der Waals surface area contributed by atoms with Crippen molar-refractivity contribution < 1.29 is 9.72 Å². The molecule has 156 valence electrons. The predicted octanol–water partition coefficient (Wildman–Crippen LogP) is 4.43. The van der Waals surface area contributed by atoms with E-state index >= 15 is 0 Å². The maximum atomic E-state index is 11.7. The number of nitrogens with zero attached hydrogens (tertiary/aromatic N) is 4. The van der Waals surface area contributed by atoms with E-state index in [0.29, 0.717) is 22.1 Å². The van der Waals surface area contributed by atoms with Gasteiger partial charge >= 0.3 is 0 Å². The van der Waals surface area contributed by atoms with Crippen LogP contribution in [0.3, 0.4) is 0 Å². The Hall–Kier alpha value is -3.79. The Morgan fingerprint density at radius 1 is 1.10 bits per heavy atom. The van der Waals surface area contributed by atoms with Crippen molar-refractivity contribution in [3.05, 3.63) is 64.3 Å². The van der Waals surface area contributed by atoms with Gasteiger partial charge in [0.25, 0.3) is 5.69 Å². The van der Waals surface area contributed by atoms with E-state index in [9.17, 15) is 14.9 Å². The molecule has 9 nitrogen and oxygen atoms in total. The van der Waals surface area contributed by atoms with Crippen LogP contribution in [0.4, 0.5) is 5.69 Å². The summed E-state index contributed by atoms with van der Waals surface area (Å²) in [5.41, 5.74) is 4.54. The number of rotatable bonds is 7. The summed E-state index contributed by atoms with van der Waals surface area (Å²) in [5.74, 6) is 0.704. The second-order valence-corrected chi connectivity index (χ2v) is 7.91. The van der Waals surface area contributed by atoms with Crippen LogP contribution in [0.15, 0.2) is 53.8 Å². The molecule has 0 bridgehead atoms. The zero-order valence-electron chi connectivity index (χ0n) is 16.7. The van der Waals surface area contributed by atoms with Crippen molar-refractivity contribution >= 4 is 23.2 Å². The first kappa shape index (κ1) is 20.5. The van der Waals surface area contributed by atoms with E-state index in [4.69, 9.17) is 0 Å². The first-order valence-corrected chi connectivity index (χ1v) is 10.4. The van der Waals surface area contributed by atoms with Gasteiger partial charge in [-0.15, -0.1) is 10.2 Å². The highest BCUT2D eigenvalue weighted by Crippen LogP contribution is 2.35. The molecule has 4 aromatic rings. The fraction of sp³-hybridized carbons (Fsp3) is 0.143. The maximum absolute atomic E-state index is 11.7. The lowest BCUT2D eigenvalue weighted by Crippen LogP contribution is -1.96. The normalized spacial score (nSPS) is 10.9. The molecule has 0 unspecified atom stereocenters. The van der Waals surface area contributed by atoms with Crippen LogP contribution in [-0.2, 0) is 4.79 Å². The van der Waals surface area contributed by atoms with Gasteiger partial charge in [0.05, 0.1) is 16.4 Å². The van der Waals surface area contributed by atoms with Crippen molar-refractivity contribution in [2.45, 2.75) is 19.0 Å². The van der Waals surface area contributed by atoms with Crippen molar-refractivity contribution in [2.75, 3.05) is 5.75 Å². The van der Waals surface area contributed by atoms with Crippen LogP contribution >= 0.6 is 11.8 Å². The first-order chi connectivity index (χ1) is 14.9. The number of nitrogens with one attached hydrogen (secondary N) is 2. The number of aromatic nitrogens is 5. The van der Waals surface area contributed by atoms with Crippen LogP contribution in [0.2, 0.25) is 0 Å². The van der Waals surface area contributed by atoms with Crippen LogP contribution in [-0.4, -0.2) is 41.8 Å². The van der Waals surface area contributed by atoms with Gasteiger partial charge in [-0.3, -0.25) is 20.0 Å². The van der Waals surface area contributed by atoms with E-state index < -0.39 is 4.92 Å². The maximum Gasteiger partial charge on any atom is 0.273 e. The SMILES string of the molecule is CC(=O)CSc1nnc(-c2cc(-c3ccc(-c4ccn[nH]4)cc3)c(C)c([N+](=O)[O-])c2)[nH]1. The van der Waals surface area contributed by atoms with E-state index in [1.54, 1.807) is 13.1 Å². The van der Waals surface area contributed by atoms with Crippen LogP contribution in [0.1, 0.15) is 12.5 Å². The number of aromatic amines is 2. The third-order valence-corrected chi connectivity index (χ3v) is 5.74. The van der Waals surface area contributed by atoms with Crippen LogP contribution < -0.4 is 0 Å². The van der Waals surface area contributed by atoms with E-state index in [2.05, 4.69) is 25.4 Å². The fourth-order valence-electron chi connectivity index (χ4n) is 3.18. The molecule has 0 aliphatic heterocycles. The van der Waals surface area contributed by atoms with Gasteiger partial charge in [-0.25, -0.2) is 0 Å². The Balaban J connectivity index is 1.74. The van der Waals surface area contributed by atoms with E-state index in [0.717, 1.165) is 22.4 Å². The lowest BCUT2D eigenvalue weighted by molar-refractivity contribution is -0.385. The molecule has 0 radical (unpaired) electrons. The second-order valence-electron chi connectivity index (χ2n) is 6.94. The Labute approximate surface area is 181 Å². The molecule has 0 fully saturated rings. The standard InChI is InChI=1S/C21H18N6O3S/c1-12(28)11-31-21-23-20(25-26-21)16-9-17(13(2)19(10-16)27(29)30)14-3-5-15(6-4-14)18-7-8-22-24-18/h3-10H,11H2,1-2H3,(H,22,24)(H,23,25,26). The van der Waals surface area contributed by atoms with Crippen LogP contribution in [0, 0.1) is 17.0 Å². The number of nitro benzene ring substituents is 1. The summed E-state index contributed by atoms with van der Waals surface area (Å²) >= 11 is 1.24. The van der Waals surface area contributed by atoms with E-state index in [1.165, 1.54) is 24.8 Å². The molecule has 4 rings (SSSR count). The smallest absolute Gasteiger partial charge is 0.273 e. The van der Waals surface area contributed by atoms with Crippen LogP contribution in [0.5, 0.6) is 0 Å². The summed E-state index contributed by atoms with van der Waals surface area (Å²) in [4.78, 5) is 25.5. The van der Waals surface area contributed by atoms with E-state index in [-0.39, 0.29) is 17.2 Å². The molecule has 0 atom stereocenters. The van der Waals surface area contributed by atoms with Crippen molar-refractivity contribution in [3.63, 3.8) is 0 Å². The predicted molar refractivity (Wildman–Crippen MR) is 118 cm³/mol. The summed E-state index contributed by atoms with van der Waals surface area (Å²) < 4.78 is 0. The third-order valence-electron chi connectivity index (χ3n) is 4.74. The molecule has 2 heterocycles. The quantitative estimate of drug-likeness (QED) is 0.250. The van der Waals surface area contributed by atoms with Crippen molar-refractivity contribution in [1.82, 2.24) is 25.4 Å². The van der Waals surface area contributed by atoms with E-state index in [1.807, 2.05) is 36.4 Å². The average molecular weight is 434 g/mol. The molecule has 0 aliphatic rings. The largest absolute Gasteiger partial charge is 0.316 e. The molecule has 0 saturated heterocycles. The monoisotopic (exact) mass is 434 g/mol. The summed E-state index contributed by atoms with van der Waals surface area (Å²) in [6.45, 7) is 3.23. The van der Waals surface area contributed by atoms with Gasteiger partial charge in [0.15, 0.2) is 11.0 Å². The minimum Gasteiger partial charge on any atom is -0.316 e. The highest BCUT2D eigenvalue weighted by molar-refractivity contribution is 7.99. The molecular formula is C21H18N6O3S. The van der Waals surface area contributed by atoms with Crippen molar-refractivity contribution in [2.24, 2.45) is 0 Å². The highest BCUT2D eigenvalue weighted by atomic mass is 32.2. The summed E-state index contributed by atoms with van der Waals surface area (Å²) in [7, 11) is 0. The number of carbonyl (C=O) groups is 1. The number of benzene rings is 2. The first-order valence-electron chi connectivity index (χ1n) is 9.37. The molecule has 2 aromatic heterocycles. The molecular weight excluding hydrogens is 416 g/mol. The molecule has 0 saturated carbocycles. The fourth-order valence-corrected chi connectivity index (χ4v) is 3.79. The minimum atomic E-state index is -0.400. The lowest BCUT2D eigenvalue weighted by atomic mass is 9.95. The number of hydrogen-bond donors (Lipinski definition) is 2. The minimum absolute atomic E-state index is 0.000478. The number of carbonyl (C=O) groups excluding carboxylic acids is 1. The zero-order valence-corrected chi connectivity index (χ0v) is 17.6. The van der Waals surface area contributed by atoms with Crippen LogP contribution in [0.25, 0.3) is 33.8 Å². The molecule has 0 spiro atoms. The number of ketones is 1. The van der Waals surface area contributed by atoms with Gasteiger partial charge in [0, 0.05) is 23.4 Å². The summed E-state index contributed by atoms with van der Waals surface area (Å²) in [6, 6.07) is 12.9. The van der Waals surface area contributed by atoms with Gasteiger partial charge < -0.3 is 4.98 Å². The Bertz CT molecular complexity index is 1250. The lowest BCUT2D eigenvalue weighted by Gasteiger charge is -2.10. The molecule has 10 heteroatoms. The molecule has 31 heavy (non-hydrogen) atoms. The Morgan fingerprint density at radius 2 is 1.84 bits per heavy atom. The van der Waals surface area contributed by atoms with Gasteiger partial charge in [-0.1, -0.05) is 36.0 Å². The average Bonchev–Trinajstić information content (AvgIpc) is 3.45. The van der Waals surface area contributed by atoms with Gasteiger partial charge in [0.1, 0.15) is 5.78 Å². The van der Waals surface area contributed by atoms with Crippen molar-refractivity contribution in [1.29, 1.82) is 0 Å². The molecule has 0 amide bonds. The second kappa shape index (κ2) is 8.52.